The molecule has 0 radical (unpaired) electrons. The number of anilines is 1. The molecule has 2 aromatic rings. The summed E-state index contributed by atoms with van der Waals surface area (Å²) in [6.45, 7) is 6.83. The number of aryl methyl sites for hydroxylation is 3. The van der Waals surface area contributed by atoms with Gasteiger partial charge in [-0.25, -0.2) is 4.63 Å². The molecular weight excluding hydrogens is 214 g/mol. The average Bonchev–Trinajstić information content (AvgIpc) is 2.72. The highest BCUT2D eigenvalue weighted by molar-refractivity contribution is 5.48. The van der Waals surface area contributed by atoms with E-state index < -0.39 is 0 Å². The van der Waals surface area contributed by atoms with E-state index in [1.54, 1.807) is 0 Å². The lowest BCUT2D eigenvalue weighted by Gasteiger charge is -2.08. The first-order chi connectivity index (χ1) is 8.20. The minimum atomic E-state index is 0.639. The van der Waals surface area contributed by atoms with Crippen LogP contribution in [0.25, 0.3) is 0 Å². The van der Waals surface area contributed by atoms with Gasteiger partial charge in [0.1, 0.15) is 11.4 Å². The minimum absolute atomic E-state index is 0.639. The first-order valence-corrected chi connectivity index (χ1v) is 5.82. The monoisotopic (exact) mass is 231 g/mol. The molecule has 0 aliphatic rings. The molecule has 0 fully saturated rings. The van der Waals surface area contributed by atoms with Gasteiger partial charge in [0, 0.05) is 5.69 Å². The van der Waals surface area contributed by atoms with Crippen LogP contribution in [0.3, 0.4) is 0 Å². The Kier molecular flexibility index (Phi) is 3.42. The smallest absolute Gasteiger partial charge is 0.127 e. The zero-order chi connectivity index (χ0) is 12.3. The molecule has 0 saturated carbocycles. The molecule has 0 aliphatic heterocycles. The van der Waals surface area contributed by atoms with Gasteiger partial charge in [-0.2, -0.15) is 0 Å². The lowest BCUT2D eigenvalue weighted by atomic mass is 10.1. The van der Waals surface area contributed by atoms with E-state index in [9.17, 15) is 0 Å². The Morgan fingerprint density at radius 3 is 2.65 bits per heavy atom. The molecule has 2 rings (SSSR count). The molecule has 1 aromatic heterocycles. The van der Waals surface area contributed by atoms with Crippen LogP contribution >= 0.6 is 0 Å². The predicted molar refractivity (Wildman–Crippen MR) is 66.9 cm³/mol. The van der Waals surface area contributed by atoms with Gasteiger partial charge < -0.3 is 5.32 Å². The maximum atomic E-state index is 4.65. The molecule has 0 bridgehead atoms. The number of nitrogens with one attached hydrogen (secondary N) is 1. The van der Waals surface area contributed by atoms with E-state index in [0.29, 0.717) is 6.54 Å². The second kappa shape index (κ2) is 4.99. The van der Waals surface area contributed by atoms with Crippen molar-refractivity contribution >= 4 is 5.69 Å². The van der Waals surface area contributed by atoms with Crippen molar-refractivity contribution in [3.05, 3.63) is 40.7 Å². The Balaban J connectivity index is 2.05. The highest BCUT2D eigenvalue weighted by Crippen LogP contribution is 2.16. The molecule has 1 N–H and O–H groups in total. The van der Waals surface area contributed by atoms with E-state index in [4.69, 9.17) is 0 Å². The van der Waals surface area contributed by atoms with Crippen LogP contribution in [-0.2, 0) is 13.0 Å². The standard InChI is InChI=1S/C13H17N3O/c1-4-11-5-6-12(7-9(11)2)14-8-13-10(3)15-17-16-13/h5-7,14H,4,8H2,1-3H3. The van der Waals surface area contributed by atoms with Crippen LogP contribution in [0.4, 0.5) is 5.69 Å². The molecule has 1 aromatic carbocycles. The lowest BCUT2D eigenvalue weighted by Crippen LogP contribution is -2.02. The first kappa shape index (κ1) is 11.6. The third kappa shape index (κ3) is 2.64. The van der Waals surface area contributed by atoms with E-state index in [2.05, 4.69) is 52.3 Å². The Morgan fingerprint density at radius 1 is 1.24 bits per heavy atom. The molecule has 0 aliphatic carbocycles. The molecule has 0 amide bonds. The summed E-state index contributed by atoms with van der Waals surface area (Å²) in [6, 6.07) is 6.40. The molecule has 90 valence electrons. The summed E-state index contributed by atoms with van der Waals surface area (Å²) in [5.74, 6) is 0. The zero-order valence-electron chi connectivity index (χ0n) is 10.4. The number of aromatic nitrogens is 2. The van der Waals surface area contributed by atoms with Gasteiger partial charge in [0.25, 0.3) is 0 Å². The first-order valence-electron chi connectivity index (χ1n) is 5.82. The van der Waals surface area contributed by atoms with Crippen molar-refractivity contribution < 1.29 is 4.63 Å². The number of hydrogen-bond acceptors (Lipinski definition) is 4. The van der Waals surface area contributed by atoms with Gasteiger partial charge >= 0.3 is 0 Å². The van der Waals surface area contributed by atoms with Gasteiger partial charge in [-0.15, -0.1) is 0 Å². The summed E-state index contributed by atoms with van der Waals surface area (Å²) in [5.41, 5.74) is 5.48. The third-order valence-corrected chi connectivity index (χ3v) is 2.93. The Hall–Kier alpha value is -1.84. The molecule has 0 atom stereocenters. The van der Waals surface area contributed by atoms with E-state index in [-0.39, 0.29) is 0 Å². The summed E-state index contributed by atoms with van der Waals surface area (Å²) in [4.78, 5) is 0. The van der Waals surface area contributed by atoms with Crippen molar-refractivity contribution in [2.45, 2.75) is 33.7 Å². The fourth-order valence-corrected chi connectivity index (χ4v) is 1.80. The third-order valence-electron chi connectivity index (χ3n) is 2.93. The molecule has 0 unspecified atom stereocenters. The fraction of sp³-hybridized carbons (Fsp3) is 0.385. The second-order valence-electron chi connectivity index (χ2n) is 4.14. The highest BCUT2D eigenvalue weighted by atomic mass is 16.6. The molecule has 4 nitrogen and oxygen atoms in total. The summed E-state index contributed by atoms with van der Waals surface area (Å²) in [6.07, 6.45) is 1.07. The number of hydrogen-bond donors (Lipinski definition) is 1. The van der Waals surface area contributed by atoms with Gasteiger partial charge in [0.2, 0.25) is 0 Å². The Labute approximate surface area is 101 Å². The lowest BCUT2D eigenvalue weighted by molar-refractivity contribution is 0.301. The van der Waals surface area contributed by atoms with Crippen molar-refractivity contribution in [3.63, 3.8) is 0 Å². The Bertz CT molecular complexity index is 505. The molecule has 4 heteroatoms. The van der Waals surface area contributed by atoms with Crippen LogP contribution < -0.4 is 5.32 Å². The number of benzene rings is 1. The summed E-state index contributed by atoms with van der Waals surface area (Å²) < 4.78 is 4.65. The SMILES string of the molecule is CCc1ccc(NCc2nonc2C)cc1C. The van der Waals surface area contributed by atoms with Crippen molar-refractivity contribution in [2.24, 2.45) is 0 Å². The fourth-order valence-electron chi connectivity index (χ4n) is 1.80. The molecule has 17 heavy (non-hydrogen) atoms. The predicted octanol–water partition coefficient (Wildman–Crippen LogP) is 2.86. The quantitative estimate of drug-likeness (QED) is 0.879. The van der Waals surface area contributed by atoms with Gasteiger partial charge in [0.15, 0.2) is 0 Å². The van der Waals surface area contributed by atoms with Gasteiger partial charge in [-0.05, 0) is 43.5 Å². The van der Waals surface area contributed by atoms with E-state index in [1.165, 1.54) is 11.1 Å². The zero-order valence-corrected chi connectivity index (χ0v) is 10.4. The van der Waals surface area contributed by atoms with Crippen molar-refractivity contribution in [1.29, 1.82) is 0 Å². The molecule has 0 saturated heterocycles. The Morgan fingerprint density at radius 2 is 2.06 bits per heavy atom. The second-order valence-corrected chi connectivity index (χ2v) is 4.14. The number of nitrogens with zero attached hydrogens (tertiary/aromatic N) is 2. The molecule has 1 heterocycles. The van der Waals surface area contributed by atoms with E-state index in [0.717, 1.165) is 23.5 Å². The van der Waals surface area contributed by atoms with Crippen molar-refractivity contribution in [2.75, 3.05) is 5.32 Å². The summed E-state index contributed by atoms with van der Waals surface area (Å²) >= 11 is 0. The summed E-state index contributed by atoms with van der Waals surface area (Å²) in [7, 11) is 0. The van der Waals surface area contributed by atoms with Crippen LogP contribution in [0.5, 0.6) is 0 Å². The highest BCUT2D eigenvalue weighted by Gasteiger charge is 2.04. The van der Waals surface area contributed by atoms with E-state index in [1.807, 2.05) is 6.92 Å². The van der Waals surface area contributed by atoms with Crippen LogP contribution in [0.1, 0.15) is 29.4 Å². The van der Waals surface area contributed by atoms with Crippen LogP contribution in [-0.4, -0.2) is 10.3 Å². The van der Waals surface area contributed by atoms with Crippen LogP contribution in [0, 0.1) is 13.8 Å². The van der Waals surface area contributed by atoms with Gasteiger partial charge in [0.05, 0.1) is 6.54 Å². The normalized spacial score (nSPS) is 10.5. The largest absolute Gasteiger partial charge is 0.379 e. The summed E-state index contributed by atoms with van der Waals surface area (Å²) in [5, 5.41) is 10.9. The maximum absolute atomic E-state index is 4.65. The van der Waals surface area contributed by atoms with Crippen molar-refractivity contribution in [1.82, 2.24) is 10.3 Å². The minimum Gasteiger partial charge on any atom is -0.379 e. The van der Waals surface area contributed by atoms with Gasteiger partial charge in [-0.3, -0.25) is 0 Å². The van der Waals surface area contributed by atoms with E-state index >= 15 is 0 Å². The van der Waals surface area contributed by atoms with Crippen LogP contribution in [0.2, 0.25) is 0 Å². The van der Waals surface area contributed by atoms with Crippen LogP contribution in [0.15, 0.2) is 22.8 Å². The molecular formula is C13H17N3O. The molecule has 0 spiro atoms. The average molecular weight is 231 g/mol. The van der Waals surface area contributed by atoms with Crippen molar-refractivity contribution in [3.8, 4) is 0 Å². The van der Waals surface area contributed by atoms with Gasteiger partial charge in [-0.1, -0.05) is 23.3 Å². The number of rotatable bonds is 4. The maximum Gasteiger partial charge on any atom is 0.127 e. The topological polar surface area (TPSA) is 51.0 Å².